The first-order valence-electron chi connectivity index (χ1n) is 7.96. The summed E-state index contributed by atoms with van der Waals surface area (Å²) in [5.41, 5.74) is 0.262. The molecule has 1 fully saturated rings. The molecule has 3 nitrogen and oxygen atoms in total. The van der Waals surface area contributed by atoms with Crippen LogP contribution in [0.3, 0.4) is 0 Å². The summed E-state index contributed by atoms with van der Waals surface area (Å²) in [4.78, 5) is 13.0. The quantitative estimate of drug-likeness (QED) is 0.863. The molecule has 0 saturated heterocycles. The highest BCUT2D eigenvalue weighted by Crippen LogP contribution is 2.42. The van der Waals surface area contributed by atoms with Gasteiger partial charge in [-0.2, -0.15) is 11.3 Å². The molecule has 0 radical (unpaired) electrons. The molecule has 1 aliphatic carbocycles. The maximum Gasteiger partial charge on any atom is 0.231 e. The third kappa shape index (κ3) is 3.21. The number of hydrogen-bond acceptors (Lipinski definition) is 3. The summed E-state index contributed by atoms with van der Waals surface area (Å²) in [7, 11) is 0. The van der Waals surface area contributed by atoms with Crippen molar-refractivity contribution in [1.29, 1.82) is 0 Å². The fourth-order valence-corrected chi connectivity index (χ4v) is 4.17. The summed E-state index contributed by atoms with van der Waals surface area (Å²) >= 11 is 1.48. The minimum atomic E-state index is -0.938. The van der Waals surface area contributed by atoms with Crippen LogP contribution in [0.1, 0.15) is 42.9 Å². The second kappa shape index (κ2) is 6.99. The zero-order chi connectivity index (χ0) is 17.2. The van der Waals surface area contributed by atoms with Gasteiger partial charge in [0.25, 0.3) is 0 Å². The number of carbonyl (C=O) groups excluding carboxylic acids is 1. The molecule has 1 unspecified atom stereocenters. The van der Waals surface area contributed by atoms with Gasteiger partial charge in [-0.1, -0.05) is 12.8 Å². The van der Waals surface area contributed by atoms with Gasteiger partial charge in [0.2, 0.25) is 5.91 Å². The van der Waals surface area contributed by atoms with Gasteiger partial charge < -0.3 is 10.4 Å². The van der Waals surface area contributed by atoms with Crippen LogP contribution in [0.4, 0.5) is 8.78 Å². The Morgan fingerprint density at radius 1 is 1.25 bits per heavy atom. The highest BCUT2D eigenvalue weighted by molar-refractivity contribution is 7.07. The summed E-state index contributed by atoms with van der Waals surface area (Å²) in [6, 6.07) is 4.62. The molecular weight excluding hydrogens is 332 g/mol. The van der Waals surface area contributed by atoms with Gasteiger partial charge in [-0.25, -0.2) is 8.78 Å². The molecule has 6 heteroatoms. The Kier molecular flexibility index (Phi) is 4.96. The van der Waals surface area contributed by atoms with E-state index in [-0.39, 0.29) is 12.5 Å². The van der Waals surface area contributed by atoms with E-state index in [0.717, 1.165) is 24.5 Å². The molecule has 1 aromatic heterocycles. The second-order valence-corrected chi connectivity index (χ2v) is 6.99. The smallest absolute Gasteiger partial charge is 0.231 e. The number of benzene rings is 1. The number of aliphatic hydroxyl groups is 1. The van der Waals surface area contributed by atoms with Gasteiger partial charge in [0.15, 0.2) is 0 Å². The zero-order valence-corrected chi connectivity index (χ0v) is 13.9. The van der Waals surface area contributed by atoms with Crippen molar-refractivity contribution in [3.63, 3.8) is 0 Å². The molecule has 1 heterocycles. The molecule has 0 bridgehead atoms. The van der Waals surface area contributed by atoms with Crippen LogP contribution in [-0.2, 0) is 10.2 Å². The number of aliphatic hydroxyl groups excluding tert-OH is 1. The first kappa shape index (κ1) is 17.0. The number of rotatable bonds is 5. The first-order valence-corrected chi connectivity index (χ1v) is 8.90. The molecule has 1 saturated carbocycles. The van der Waals surface area contributed by atoms with Crippen molar-refractivity contribution in [3.8, 4) is 0 Å². The Hall–Kier alpha value is -1.79. The number of hydrogen-bond donors (Lipinski definition) is 2. The van der Waals surface area contributed by atoms with E-state index in [9.17, 15) is 18.7 Å². The minimum Gasteiger partial charge on any atom is -0.394 e. The van der Waals surface area contributed by atoms with Crippen LogP contribution in [0.5, 0.6) is 0 Å². The van der Waals surface area contributed by atoms with Gasteiger partial charge in [0.1, 0.15) is 11.6 Å². The summed E-state index contributed by atoms with van der Waals surface area (Å²) < 4.78 is 27.3. The fourth-order valence-electron chi connectivity index (χ4n) is 3.46. The lowest BCUT2D eigenvalue weighted by molar-refractivity contribution is -0.127. The van der Waals surface area contributed by atoms with Gasteiger partial charge in [-0.15, -0.1) is 0 Å². The Bertz CT molecular complexity index is 692. The Labute approximate surface area is 143 Å². The van der Waals surface area contributed by atoms with Gasteiger partial charge in [-0.3, -0.25) is 4.79 Å². The van der Waals surface area contributed by atoms with Crippen molar-refractivity contribution < 1.29 is 18.7 Å². The number of amides is 1. The van der Waals surface area contributed by atoms with E-state index in [4.69, 9.17) is 0 Å². The first-order chi connectivity index (χ1) is 11.5. The van der Waals surface area contributed by atoms with Crippen LogP contribution in [0, 0.1) is 11.6 Å². The third-order valence-corrected chi connectivity index (χ3v) is 5.44. The molecular formula is C18H19F2NO2S. The predicted molar refractivity (Wildman–Crippen MR) is 88.8 cm³/mol. The summed E-state index contributed by atoms with van der Waals surface area (Å²) in [6.07, 6.45) is 2.74. The molecule has 2 N–H and O–H groups in total. The molecule has 128 valence electrons. The monoisotopic (exact) mass is 351 g/mol. The van der Waals surface area contributed by atoms with Gasteiger partial charge in [0, 0.05) is 6.07 Å². The third-order valence-electron chi connectivity index (χ3n) is 4.74. The van der Waals surface area contributed by atoms with Crippen molar-refractivity contribution >= 4 is 17.2 Å². The molecule has 0 aliphatic heterocycles. The topological polar surface area (TPSA) is 49.3 Å². The fraction of sp³-hybridized carbons (Fsp3) is 0.389. The minimum absolute atomic E-state index is 0.226. The molecule has 1 aliphatic rings. The summed E-state index contributed by atoms with van der Waals surface area (Å²) in [5.74, 6) is -1.64. The van der Waals surface area contributed by atoms with Crippen LogP contribution >= 0.6 is 11.3 Å². The van der Waals surface area contributed by atoms with Crippen LogP contribution < -0.4 is 5.32 Å². The van der Waals surface area contributed by atoms with E-state index in [1.807, 2.05) is 16.8 Å². The number of nitrogens with one attached hydrogen (secondary N) is 1. The van der Waals surface area contributed by atoms with Crippen molar-refractivity contribution in [1.82, 2.24) is 5.32 Å². The number of carbonyl (C=O) groups is 1. The van der Waals surface area contributed by atoms with Crippen LogP contribution in [0.2, 0.25) is 0 Å². The normalized spacial score (nSPS) is 17.6. The molecule has 1 amide bonds. The largest absolute Gasteiger partial charge is 0.394 e. The lowest BCUT2D eigenvalue weighted by Crippen LogP contribution is -2.45. The summed E-state index contributed by atoms with van der Waals surface area (Å²) in [6.45, 7) is -0.226. The van der Waals surface area contributed by atoms with Crippen LogP contribution in [0.25, 0.3) is 0 Å². The van der Waals surface area contributed by atoms with E-state index in [2.05, 4.69) is 5.32 Å². The maximum atomic E-state index is 13.7. The molecule has 0 spiro atoms. The maximum absolute atomic E-state index is 13.7. The highest BCUT2D eigenvalue weighted by Gasteiger charge is 2.43. The predicted octanol–water partition coefficient (Wildman–Crippen LogP) is 3.69. The van der Waals surface area contributed by atoms with Gasteiger partial charge >= 0.3 is 0 Å². The lowest BCUT2D eigenvalue weighted by Gasteiger charge is -2.30. The zero-order valence-electron chi connectivity index (χ0n) is 13.1. The van der Waals surface area contributed by atoms with Gasteiger partial charge in [-0.05, 0) is 52.9 Å². The number of halogens is 2. The van der Waals surface area contributed by atoms with Crippen molar-refractivity contribution in [2.45, 2.75) is 37.1 Å². The molecule has 24 heavy (non-hydrogen) atoms. The van der Waals surface area contributed by atoms with Crippen LogP contribution in [0.15, 0.2) is 35.0 Å². The second-order valence-electron chi connectivity index (χ2n) is 6.21. The van der Waals surface area contributed by atoms with Crippen molar-refractivity contribution in [2.75, 3.05) is 6.61 Å². The highest BCUT2D eigenvalue weighted by atomic mass is 32.1. The SMILES string of the molecule is O=C(NC(CO)c1ccsc1)C1(c2cc(F)cc(F)c2)CCCC1. The molecule has 1 aromatic carbocycles. The average molecular weight is 351 g/mol. The number of thiophene rings is 1. The van der Waals surface area contributed by atoms with E-state index in [0.29, 0.717) is 18.4 Å². The van der Waals surface area contributed by atoms with E-state index in [1.165, 1.54) is 23.5 Å². The Morgan fingerprint density at radius 3 is 2.46 bits per heavy atom. The average Bonchev–Trinajstić information content (AvgIpc) is 3.23. The van der Waals surface area contributed by atoms with Crippen molar-refractivity contribution in [2.24, 2.45) is 0 Å². The van der Waals surface area contributed by atoms with E-state index >= 15 is 0 Å². The molecule has 1 atom stereocenters. The van der Waals surface area contributed by atoms with E-state index in [1.54, 1.807) is 0 Å². The molecule has 2 aromatic rings. The summed E-state index contributed by atoms with van der Waals surface area (Å²) in [5, 5.41) is 16.2. The van der Waals surface area contributed by atoms with Crippen molar-refractivity contribution in [3.05, 3.63) is 57.8 Å². The lowest BCUT2D eigenvalue weighted by atomic mass is 9.77. The van der Waals surface area contributed by atoms with E-state index < -0.39 is 23.1 Å². The molecule has 3 rings (SSSR count). The van der Waals surface area contributed by atoms with Crippen LogP contribution in [-0.4, -0.2) is 17.6 Å². The van der Waals surface area contributed by atoms with Gasteiger partial charge in [0.05, 0.1) is 18.1 Å². The standard InChI is InChI=1S/C18H19F2NO2S/c19-14-7-13(8-15(20)9-14)18(4-1-2-5-18)17(23)21-16(10-22)12-3-6-24-11-12/h3,6-9,11,16,22H,1-2,4-5,10H2,(H,21,23). The Morgan fingerprint density at radius 2 is 1.92 bits per heavy atom. The Balaban J connectivity index is 1.91.